The van der Waals surface area contributed by atoms with Gasteiger partial charge in [0.1, 0.15) is 0 Å². The molecule has 1 atom stereocenters. The first-order chi connectivity index (χ1) is 13.0. The standard InChI is InChI=1S/C22H23N3O2/c1-15-9-7-8-12-20(15)25-16(2)13-19(17(25)3)14-23-24-22(27)21(26)18-10-5-4-6-11-18/h4-14,21,26H,1-3H3,(H,24,27)/b23-14-/t21-/m0/s1. The van der Waals surface area contributed by atoms with Crippen molar-refractivity contribution in [2.45, 2.75) is 26.9 Å². The summed E-state index contributed by atoms with van der Waals surface area (Å²) >= 11 is 0. The molecule has 0 bridgehead atoms. The largest absolute Gasteiger partial charge is 0.378 e. The minimum Gasteiger partial charge on any atom is -0.378 e. The highest BCUT2D eigenvalue weighted by molar-refractivity contribution is 5.86. The van der Waals surface area contributed by atoms with Gasteiger partial charge < -0.3 is 9.67 Å². The van der Waals surface area contributed by atoms with Gasteiger partial charge in [0.25, 0.3) is 5.91 Å². The van der Waals surface area contributed by atoms with Gasteiger partial charge in [-0.1, -0.05) is 48.5 Å². The lowest BCUT2D eigenvalue weighted by Gasteiger charge is -2.12. The maximum atomic E-state index is 12.1. The first kappa shape index (κ1) is 18.6. The van der Waals surface area contributed by atoms with Crippen LogP contribution in [0.25, 0.3) is 5.69 Å². The van der Waals surface area contributed by atoms with Crippen LogP contribution < -0.4 is 5.43 Å². The summed E-state index contributed by atoms with van der Waals surface area (Å²) < 4.78 is 2.16. The Labute approximate surface area is 159 Å². The molecule has 5 heteroatoms. The van der Waals surface area contributed by atoms with Crippen molar-refractivity contribution in [1.82, 2.24) is 9.99 Å². The van der Waals surface area contributed by atoms with Crippen LogP contribution in [0.15, 0.2) is 65.8 Å². The van der Waals surface area contributed by atoms with E-state index in [4.69, 9.17) is 0 Å². The molecule has 0 aliphatic carbocycles. The molecule has 0 aliphatic heterocycles. The number of amides is 1. The lowest BCUT2D eigenvalue weighted by atomic mass is 10.1. The fourth-order valence-electron chi connectivity index (χ4n) is 3.12. The van der Waals surface area contributed by atoms with Crippen LogP contribution in [0.4, 0.5) is 0 Å². The molecule has 2 aromatic carbocycles. The van der Waals surface area contributed by atoms with Crippen LogP contribution in [0.5, 0.6) is 0 Å². The highest BCUT2D eigenvalue weighted by atomic mass is 16.3. The van der Waals surface area contributed by atoms with Crippen molar-refractivity contribution in [3.05, 3.63) is 88.7 Å². The van der Waals surface area contributed by atoms with Gasteiger partial charge in [-0.05, 0) is 44.0 Å². The lowest BCUT2D eigenvalue weighted by Crippen LogP contribution is -2.25. The van der Waals surface area contributed by atoms with Crippen LogP contribution in [0, 0.1) is 20.8 Å². The van der Waals surface area contributed by atoms with Crippen LogP contribution in [-0.2, 0) is 4.79 Å². The first-order valence-electron chi connectivity index (χ1n) is 8.80. The second-order valence-corrected chi connectivity index (χ2v) is 6.50. The summed E-state index contributed by atoms with van der Waals surface area (Å²) in [6, 6.07) is 19.0. The quantitative estimate of drug-likeness (QED) is 0.539. The zero-order valence-electron chi connectivity index (χ0n) is 15.7. The molecule has 1 amide bonds. The van der Waals surface area contributed by atoms with E-state index in [9.17, 15) is 9.90 Å². The van der Waals surface area contributed by atoms with Crippen LogP contribution >= 0.6 is 0 Å². The van der Waals surface area contributed by atoms with E-state index < -0.39 is 12.0 Å². The van der Waals surface area contributed by atoms with Gasteiger partial charge in [-0.15, -0.1) is 0 Å². The fraction of sp³-hybridized carbons (Fsp3) is 0.182. The Balaban J connectivity index is 1.76. The monoisotopic (exact) mass is 361 g/mol. The highest BCUT2D eigenvalue weighted by Gasteiger charge is 2.16. The number of hydrazone groups is 1. The van der Waals surface area contributed by atoms with E-state index >= 15 is 0 Å². The third kappa shape index (κ3) is 3.99. The number of hydrogen-bond donors (Lipinski definition) is 2. The third-order valence-corrected chi connectivity index (χ3v) is 4.57. The van der Waals surface area contributed by atoms with Gasteiger partial charge in [-0.3, -0.25) is 4.79 Å². The number of nitrogens with one attached hydrogen (secondary N) is 1. The van der Waals surface area contributed by atoms with E-state index in [0.29, 0.717) is 5.56 Å². The van der Waals surface area contributed by atoms with Crippen molar-refractivity contribution in [3.8, 4) is 5.69 Å². The van der Waals surface area contributed by atoms with Gasteiger partial charge in [0.2, 0.25) is 0 Å². The molecule has 1 aromatic heterocycles. The number of nitrogens with zero attached hydrogens (tertiary/aromatic N) is 2. The number of rotatable bonds is 5. The molecule has 1 heterocycles. The average Bonchev–Trinajstić information content (AvgIpc) is 2.96. The molecule has 0 spiro atoms. The molecule has 3 aromatic rings. The van der Waals surface area contributed by atoms with E-state index in [1.807, 2.05) is 38.1 Å². The summed E-state index contributed by atoms with van der Waals surface area (Å²) in [5.41, 5.74) is 8.26. The second-order valence-electron chi connectivity index (χ2n) is 6.50. The van der Waals surface area contributed by atoms with Crippen LogP contribution in [-0.4, -0.2) is 21.8 Å². The van der Waals surface area contributed by atoms with Crippen molar-refractivity contribution >= 4 is 12.1 Å². The van der Waals surface area contributed by atoms with Gasteiger partial charge in [-0.25, -0.2) is 5.43 Å². The Morgan fingerprint density at radius 1 is 1.07 bits per heavy atom. The predicted molar refractivity (Wildman–Crippen MR) is 107 cm³/mol. The molecule has 5 nitrogen and oxygen atoms in total. The molecule has 2 N–H and O–H groups in total. The Kier molecular flexibility index (Phi) is 5.52. The van der Waals surface area contributed by atoms with Gasteiger partial charge in [0, 0.05) is 22.6 Å². The zero-order chi connectivity index (χ0) is 19.4. The van der Waals surface area contributed by atoms with E-state index in [1.165, 1.54) is 5.56 Å². The van der Waals surface area contributed by atoms with E-state index in [-0.39, 0.29) is 0 Å². The summed E-state index contributed by atoms with van der Waals surface area (Å²) in [6.07, 6.45) is 0.356. The number of para-hydroxylation sites is 1. The van der Waals surface area contributed by atoms with Crippen molar-refractivity contribution < 1.29 is 9.90 Å². The van der Waals surface area contributed by atoms with Crippen molar-refractivity contribution in [3.63, 3.8) is 0 Å². The summed E-state index contributed by atoms with van der Waals surface area (Å²) in [5.74, 6) is -0.565. The summed E-state index contributed by atoms with van der Waals surface area (Å²) in [5, 5.41) is 14.1. The summed E-state index contributed by atoms with van der Waals surface area (Å²) in [4.78, 5) is 12.1. The number of benzene rings is 2. The van der Waals surface area contributed by atoms with Gasteiger partial charge >= 0.3 is 0 Å². The minimum atomic E-state index is -1.25. The Morgan fingerprint density at radius 2 is 1.74 bits per heavy atom. The molecular weight excluding hydrogens is 338 g/mol. The van der Waals surface area contributed by atoms with Crippen molar-refractivity contribution in [1.29, 1.82) is 0 Å². The Morgan fingerprint density at radius 3 is 2.44 bits per heavy atom. The van der Waals surface area contributed by atoms with Crippen LogP contribution in [0.1, 0.15) is 34.2 Å². The maximum Gasteiger partial charge on any atom is 0.273 e. The lowest BCUT2D eigenvalue weighted by molar-refractivity contribution is -0.129. The highest BCUT2D eigenvalue weighted by Crippen LogP contribution is 2.22. The maximum absolute atomic E-state index is 12.1. The average molecular weight is 361 g/mol. The van der Waals surface area contributed by atoms with Gasteiger partial charge in [0.05, 0.1) is 6.21 Å². The topological polar surface area (TPSA) is 66.6 Å². The zero-order valence-corrected chi connectivity index (χ0v) is 15.7. The number of carbonyl (C=O) groups is 1. The Bertz CT molecular complexity index is 974. The number of hydrogen-bond acceptors (Lipinski definition) is 3. The number of aliphatic hydroxyl groups excluding tert-OH is 1. The molecule has 0 aliphatic rings. The SMILES string of the molecule is Cc1ccccc1-n1c(C)cc(/C=N\NC(=O)[C@@H](O)c2ccccc2)c1C. The van der Waals surface area contributed by atoms with Crippen molar-refractivity contribution in [2.24, 2.45) is 5.10 Å². The molecule has 27 heavy (non-hydrogen) atoms. The number of aryl methyl sites for hydroxylation is 2. The Hall–Kier alpha value is -3.18. The first-order valence-corrected chi connectivity index (χ1v) is 8.80. The number of carbonyl (C=O) groups excluding carboxylic acids is 1. The molecular formula is C22H23N3O2. The predicted octanol–water partition coefficient (Wildman–Crippen LogP) is 3.59. The molecule has 0 unspecified atom stereocenters. The second kappa shape index (κ2) is 8.01. The molecule has 0 saturated carbocycles. The molecule has 3 rings (SSSR count). The third-order valence-electron chi connectivity index (χ3n) is 4.57. The molecule has 0 fully saturated rings. The fourth-order valence-corrected chi connectivity index (χ4v) is 3.12. The van der Waals surface area contributed by atoms with Crippen molar-refractivity contribution in [2.75, 3.05) is 0 Å². The van der Waals surface area contributed by atoms with E-state index in [1.54, 1.807) is 30.5 Å². The van der Waals surface area contributed by atoms with Crippen LogP contribution in [0.3, 0.4) is 0 Å². The van der Waals surface area contributed by atoms with E-state index in [0.717, 1.165) is 22.6 Å². The van der Waals surface area contributed by atoms with E-state index in [2.05, 4.69) is 34.2 Å². The minimum absolute atomic E-state index is 0.530. The smallest absolute Gasteiger partial charge is 0.273 e. The molecule has 0 radical (unpaired) electrons. The molecule has 0 saturated heterocycles. The summed E-state index contributed by atoms with van der Waals surface area (Å²) in [6.45, 7) is 6.13. The number of aromatic nitrogens is 1. The van der Waals surface area contributed by atoms with Crippen LogP contribution in [0.2, 0.25) is 0 Å². The van der Waals surface area contributed by atoms with Gasteiger partial charge in [0.15, 0.2) is 6.10 Å². The number of aliphatic hydroxyl groups is 1. The molecule has 138 valence electrons. The normalized spacial score (nSPS) is 12.3. The van der Waals surface area contributed by atoms with Gasteiger partial charge in [-0.2, -0.15) is 5.10 Å². The summed E-state index contributed by atoms with van der Waals surface area (Å²) in [7, 11) is 0.